The highest BCUT2D eigenvalue weighted by Gasteiger charge is 2.41. The van der Waals surface area contributed by atoms with E-state index in [-0.39, 0.29) is 47.5 Å². The third kappa shape index (κ3) is 23.2. The number of hydrogen-bond acceptors (Lipinski definition) is 18. The first-order valence-corrected chi connectivity index (χ1v) is 37.5. The van der Waals surface area contributed by atoms with Gasteiger partial charge < -0.3 is 95.0 Å². The summed E-state index contributed by atoms with van der Waals surface area (Å²) >= 11 is -0.534. The number of aliphatic carboxylic acids is 2. The highest BCUT2D eigenvalue weighted by atomic mass is 32.2. The number of thioether (sulfide) groups is 2. The molecule has 11 amide bonds. The van der Waals surface area contributed by atoms with Crippen LogP contribution in [0.4, 0.5) is 35.1 Å². The standard InChI is InChI=1S/C73H86F8N14O17S2/c1-28(2)20-41(89-63(101)30(5)86-71(109)59(83)31(6)96)66(104)93-45-26-113-61-55(78)51(74)49(52(75)56(61)79)50-53(76)57(80)62(58(81)54(50)77)114-27-46(94-68(106)44(92-69(45)107)23-34-25-85-38-15-11-9-13-36(34)38)70(108)91-43(22-33-24-84-37-14-10-8-12-35(33)37)67(105)90-42(21-29(3)4)65(103)87-39(16-18-47(82)98)64(102)95-60(32(7)97)72(110)88-40(73(111)112)17-19-48(99)100/h8-15,24-25,28-32,39-46,59-60,84-85,96-97H,16-23,26-27,83H2,1-7H3,(H2,82,98)(H,86,109)(H,87,103)(H,88,110)(H,89,101)(H,90,105)(H,91,108)(H,92,107)(H,93,104)(H,94,106)(H,95,102)(H,99,100)(H,111,112)/t30-,31+,32+,39-,40-,41-,42-,43-,44-,45-,46-,59-,60-/m0/s1. The number of aliphatic hydroxyl groups is 2. The number of aromatic amines is 2. The van der Waals surface area contributed by atoms with Crippen molar-refractivity contribution < 1.29 is 118 Å². The van der Waals surface area contributed by atoms with Crippen molar-refractivity contribution in [3.63, 3.8) is 0 Å². The summed E-state index contributed by atoms with van der Waals surface area (Å²) in [7, 11) is 0. The lowest BCUT2D eigenvalue weighted by Gasteiger charge is -2.29. The Morgan fingerprint density at radius 2 is 0.974 bits per heavy atom. The van der Waals surface area contributed by atoms with Gasteiger partial charge in [-0.15, -0.1) is 23.5 Å². The van der Waals surface area contributed by atoms with Crippen molar-refractivity contribution in [2.24, 2.45) is 23.3 Å². The van der Waals surface area contributed by atoms with Gasteiger partial charge in [-0.1, -0.05) is 64.1 Å². The normalized spacial score (nSPS) is 17.4. The first-order chi connectivity index (χ1) is 53.6. The molecule has 114 heavy (non-hydrogen) atoms. The molecular weight excluding hydrogens is 1560 g/mol. The van der Waals surface area contributed by atoms with Gasteiger partial charge in [0.15, 0.2) is 46.5 Å². The van der Waals surface area contributed by atoms with Crippen LogP contribution in [0.25, 0.3) is 32.9 Å². The number of aliphatic hydroxyl groups excluding tert-OH is 2. The van der Waals surface area contributed by atoms with E-state index in [2.05, 4.69) is 57.8 Å². The maximum atomic E-state index is 16.6. The van der Waals surface area contributed by atoms with Crippen LogP contribution >= 0.6 is 23.5 Å². The molecule has 20 N–H and O–H groups in total. The SMILES string of the molecule is CC(C)C[C@H](NC(=O)[C@H](C)NC(=O)[C@@H](N)[C@@H](C)O)C(=O)N[C@H]1CSc2c(F)c(F)c(c(F)c2F)-c2c(F)c(F)c(c(F)c2F)SC[C@@H](C(=O)N[C@@H](Cc2c[nH]c3ccccc23)C(=O)N[C@@H](CC(C)C)C(=O)N[C@@H](CCC(N)=O)C(=O)N[C@H](C(=O)N[C@@H](CCC(=O)O)C(=O)O)[C@@H](C)O)NC(=O)[C@H](Cc2c[nH]c3ccccc23)NC1=O. The Morgan fingerprint density at radius 1 is 0.509 bits per heavy atom. The Bertz CT molecular complexity index is 4590. The van der Waals surface area contributed by atoms with Gasteiger partial charge in [0, 0.05) is 71.4 Å². The minimum atomic E-state index is -2.65. The van der Waals surface area contributed by atoms with E-state index in [1.165, 1.54) is 26.2 Å². The maximum Gasteiger partial charge on any atom is 0.326 e. The number of hydrogen-bond donors (Lipinski definition) is 18. The number of rotatable bonds is 33. The number of nitrogens with one attached hydrogen (secondary N) is 12. The largest absolute Gasteiger partial charge is 0.481 e. The molecule has 0 saturated carbocycles. The van der Waals surface area contributed by atoms with Crippen molar-refractivity contribution in [1.82, 2.24) is 63.1 Å². The molecule has 4 aromatic carbocycles. The van der Waals surface area contributed by atoms with Gasteiger partial charge in [0.25, 0.3) is 0 Å². The molecule has 0 radical (unpaired) electrons. The number of primary amides is 1. The van der Waals surface area contributed by atoms with Crippen LogP contribution in [0.5, 0.6) is 0 Å². The molecule has 13 atom stereocenters. The zero-order chi connectivity index (χ0) is 84.6. The Hall–Kier alpha value is -10.9. The van der Waals surface area contributed by atoms with Crippen molar-refractivity contribution in [3.05, 3.63) is 119 Å². The van der Waals surface area contributed by atoms with E-state index in [4.69, 9.17) is 16.6 Å². The molecule has 6 aromatic rings. The van der Waals surface area contributed by atoms with E-state index in [1.807, 2.05) is 5.32 Å². The highest BCUT2D eigenvalue weighted by Crippen LogP contribution is 2.42. The number of carbonyl (C=O) groups excluding carboxylic acids is 11. The zero-order valence-corrected chi connectivity index (χ0v) is 63.7. The van der Waals surface area contributed by atoms with E-state index in [1.54, 1.807) is 76.2 Å². The molecular formula is C73H86F8N14O17S2. The summed E-state index contributed by atoms with van der Waals surface area (Å²) in [6.07, 6.45) is -4.89. The van der Waals surface area contributed by atoms with Gasteiger partial charge in [0.1, 0.15) is 66.5 Å². The minimum Gasteiger partial charge on any atom is -0.481 e. The first-order valence-electron chi connectivity index (χ1n) is 35.6. The number of carboxylic acid groups (broad SMARTS) is 2. The zero-order valence-electron chi connectivity index (χ0n) is 62.1. The molecule has 0 spiro atoms. The number of carbonyl (C=O) groups is 13. The van der Waals surface area contributed by atoms with Crippen LogP contribution in [0.15, 0.2) is 70.7 Å². The van der Waals surface area contributed by atoms with Gasteiger partial charge in [-0.3, -0.25) is 57.5 Å². The van der Waals surface area contributed by atoms with Crippen molar-refractivity contribution in [2.45, 2.75) is 188 Å². The van der Waals surface area contributed by atoms with E-state index < -0.39 is 285 Å². The quantitative estimate of drug-likeness (QED) is 0.0208. The predicted octanol–water partition coefficient (Wildman–Crippen LogP) is 2.38. The smallest absolute Gasteiger partial charge is 0.326 e. The molecule has 2 aromatic heterocycles. The molecule has 5 heterocycles. The average molecular weight is 1650 g/mol. The lowest BCUT2D eigenvalue weighted by atomic mass is 9.99. The fourth-order valence-electron chi connectivity index (χ4n) is 12.0. The molecule has 618 valence electrons. The number of para-hydroxylation sites is 2. The molecule has 0 unspecified atom stereocenters. The van der Waals surface area contributed by atoms with Gasteiger partial charge in [-0.05, 0) is 81.5 Å². The number of amides is 11. The summed E-state index contributed by atoms with van der Waals surface area (Å²) < 4.78 is 132. The van der Waals surface area contributed by atoms with E-state index in [9.17, 15) is 58.5 Å². The predicted molar refractivity (Wildman–Crippen MR) is 395 cm³/mol. The summed E-state index contributed by atoms with van der Waals surface area (Å²) in [5, 5.41) is 63.4. The van der Waals surface area contributed by atoms with Crippen LogP contribution in [-0.4, -0.2) is 197 Å². The number of benzene rings is 4. The minimum absolute atomic E-state index is 0.208. The fraction of sp³-hybridized carbons (Fsp3) is 0.438. The van der Waals surface area contributed by atoms with Crippen molar-refractivity contribution in [2.75, 3.05) is 11.5 Å². The molecule has 0 fully saturated rings. The number of aromatic nitrogens is 2. The van der Waals surface area contributed by atoms with Gasteiger partial charge in [-0.25, -0.2) is 39.9 Å². The molecule has 0 aliphatic carbocycles. The highest BCUT2D eigenvalue weighted by molar-refractivity contribution is 7.99. The van der Waals surface area contributed by atoms with Gasteiger partial charge >= 0.3 is 11.9 Å². The molecule has 4 bridgehead atoms. The summed E-state index contributed by atoms with van der Waals surface area (Å²) in [4.78, 5) is 183. The van der Waals surface area contributed by atoms with Crippen LogP contribution in [0.2, 0.25) is 0 Å². The van der Waals surface area contributed by atoms with Crippen LogP contribution in [0, 0.1) is 58.4 Å². The second-order valence-electron chi connectivity index (χ2n) is 27.9. The Balaban J connectivity index is 1.33. The third-order valence-electron chi connectivity index (χ3n) is 18.1. The number of carboxylic acids is 2. The Labute approximate surface area is 653 Å². The van der Waals surface area contributed by atoms with E-state index in [0.29, 0.717) is 21.8 Å². The second kappa shape index (κ2) is 40.2. The van der Waals surface area contributed by atoms with Gasteiger partial charge in [-0.2, -0.15) is 0 Å². The average Bonchev–Trinajstić information content (AvgIpc) is 0.883. The molecule has 0 saturated heterocycles. The third-order valence-corrected chi connectivity index (χ3v) is 20.4. The maximum absolute atomic E-state index is 16.6. The van der Waals surface area contributed by atoms with E-state index in [0.717, 1.165) is 6.92 Å². The summed E-state index contributed by atoms with van der Waals surface area (Å²) in [5.41, 5.74) is 7.87. The van der Waals surface area contributed by atoms with Crippen molar-refractivity contribution in [1.29, 1.82) is 0 Å². The van der Waals surface area contributed by atoms with Gasteiger partial charge in [0.05, 0.1) is 33.1 Å². The molecule has 3 aliphatic heterocycles. The fourth-order valence-corrected chi connectivity index (χ4v) is 14.0. The topological polar surface area (TPSA) is 507 Å². The van der Waals surface area contributed by atoms with Crippen LogP contribution in [0.1, 0.15) is 98.1 Å². The van der Waals surface area contributed by atoms with E-state index >= 15 is 54.3 Å². The van der Waals surface area contributed by atoms with Crippen LogP contribution in [0.3, 0.4) is 0 Å². The summed E-state index contributed by atoms with van der Waals surface area (Å²) in [6, 6.07) is -8.07. The van der Waals surface area contributed by atoms with Crippen LogP contribution in [-0.2, 0) is 75.2 Å². The Kier molecular flexibility index (Phi) is 31.8. The summed E-state index contributed by atoms with van der Waals surface area (Å²) in [6.45, 7) is 9.69. The molecule has 41 heteroatoms. The first kappa shape index (κ1) is 90.3. The van der Waals surface area contributed by atoms with Crippen molar-refractivity contribution >= 4 is 122 Å². The van der Waals surface area contributed by atoms with Gasteiger partial charge in [0.2, 0.25) is 65.0 Å². The number of H-pyrrole nitrogens is 2. The summed E-state index contributed by atoms with van der Waals surface area (Å²) in [5.74, 6) is -40.9. The van der Waals surface area contributed by atoms with Crippen LogP contribution < -0.4 is 64.6 Å². The number of nitrogens with two attached hydrogens (primary N) is 2. The number of fused-ring (bicyclic) bond motifs is 4. The lowest BCUT2D eigenvalue weighted by Crippen LogP contribution is -2.62. The Morgan fingerprint density at radius 3 is 1.48 bits per heavy atom. The lowest BCUT2D eigenvalue weighted by molar-refractivity contribution is -0.144. The molecule has 9 rings (SSSR count). The molecule has 3 aliphatic rings. The monoisotopic (exact) mass is 1650 g/mol. The van der Waals surface area contributed by atoms with Crippen molar-refractivity contribution in [3.8, 4) is 11.1 Å². The number of halogens is 8. The second-order valence-corrected chi connectivity index (χ2v) is 30.0. The molecule has 31 nitrogen and oxygen atoms in total.